The summed E-state index contributed by atoms with van der Waals surface area (Å²) in [7, 11) is 0. The monoisotopic (exact) mass is 351 g/mol. The molecule has 0 fully saturated rings. The molecule has 2 aromatic carbocycles. The zero-order valence-electron chi connectivity index (χ0n) is 12.8. The van der Waals surface area contributed by atoms with Gasteiger partial charge in [-0.15, -0.1) is 0 Å². The number of nitrogens with one attached hydrogen (secondary N) is 1. The molecule has 5 nitrogen and oxygen atoms in total. The van der Waals surface area contributed by atoms with Crippen molar-refractivity contribution in [2.45, 2.75) is 20.0 Å². The smallest absolute Gasteiger partial charge is 0.337 e. The van der Waals surface area contributed by atoms with Crippen molar-refractivity contribution in [2.75, 3.05) is 5.32 Å². The summed E-state index contributed by atoms with van der Waals surface area (Å²) in [6.07, 6.45) is 0.243. The molecule has 2 N–H and O–H groups in total. The van der Waals surface area contributed by atoms with E-state index in [2.05, 4.69) is 5.32 Å². The van der Waals surface area contributed by atoms with Crippen LogP contribution in [0.4, 0.5) is 10.1 Å². The van der Waals surface area contributed by atoms with Gasteiger partial charge in [-0.3, -0.25) is 4.79 Å². The highest BCUT2D eigenvalue weighted by Crippen LogP contribution is 2.26. The third-order valence-electron chi connectivity index (χ3n) is 3.20. The van der Waals surface area contributed by atoms with E-state index in [1.165, 1.54) is 24.3 Å². The van der Waals surface area contributed by atoms with Gasteiger partial charge in [-0.1, -0.05) is 24.6 Å². The van der Waals surface area contributed by atoms with E-state index in [-0.39, 0.29) is 35.2 Å². The number of amides is 1. The molecule has 7 heteroatoms. The van der Waals surface area contributed by atoms with Crippen LogP contribution in [0.3, 0.4) is 0 Å². The molecular formula is C17H15ClFNO4. The van der Waals surface area contributed by atoms with Gasteiger partial charge in [-0.05, 0) is 35.9 Å². The number of halogens is 2. The highest BCUT2D eigenvalue weighted by atomic mass is 35.5. The Bertz CT molecular complexity index is 779. The Morgan fingerprint density at radius 2 is 2.00 bits per heavy atom. The van der Waals surface area contributed by atoms with E-state index < -0.39 is 11.8 Å². The van der Waals surface area contributed by atoms with Gasteiger partial charge in [0.15, 0.2) is 0 Å². The fourth-order valence-electron chi connectivity index (χ4n) is 1.96. The molecule has 0 aliphatic rings. The lowest BCUT2D eigenvalue weighted by Crippen LogP contribution is -2.13. The number of benzene rings is 2. The summed E-state index contributed by atoms with van der Waals surface area (Å²) in [5.41, 5.74) is 0.753. The van der Waals surface area contributed by atoms with Gasteiger partial charge in [0, 0.05) is 6.42 Å². The van der Waals surface area contributed by atoms with Crippen LogP contribution in [0.15, 0.2) is 36.4 Å². The summed E-state index contributed by atoms with van der Waals surface area (Å²) in [6, 6.07) is 8.28. The maximum atomic E-state index is 13.0. The predicted octanol–water partition coefficient (Wildman–Crippen LogP) is 4.10. The lowest BCUT2D eigenvalue weighted by molar-refractivity contribution is -0.115. The van der Waals surface area contributed by atoms with Crippen molar-refractivity contribution in [3.63, 3.8) is 0 Å². The molecule has 0 unspecified atom stereocenters. The van der Waals surface area contributed by atoms with Gasteiger partial charge in [0.25, 0.3) is 0 Å². The quantitative estimate of drug-likeness (QED) is 0.821. The first kappa shape index (κ1) is 17.7. The molecule has 0 heterocycles. The van der Waals surface area contributed by atoms with Gasteiger partial charge in [0.2, 0.25) is 5.91 Å². The number of carboxylic acids is 1. The van der Waals surface area contributed by atoms with Crippen LogP contribution in [-0.2, 0) is 11.4 Å². The molecular weight excluding hydrogens is 337 g/mol. The first-order chi connectivity index (χ1) is 11.4. The Morgan fingerprint density at radius 3 is 2.62 bits per heavy atom. The van der Waals surface area contributed by atoms with Crippen LogP contribution in [0.25, 0.3) is 0 Å². The minimum Gasteiger partial charge on any atom is -0.487 e. The van der Waals surface area contributed by atoms with E-state index in [1.807, 2.05) is 0 Å². The highest BCUT2D eigenvalue weighted by molar-refractivity contribution is 6.32. The number of anilines is 1. The molecule has 1 amide bonds. The SMILES string of the molecule is CCC(=O)Nc1ccc(COc2ccc(F)cc2Cl)cc1C(=O)O. The average Bonchev–Trinajstić information content (AvgIpc) is 2.54. The van der Waals surface area contributed by atoms with E-state index in [9.17, 15) is 19.1 Å². The second-order valence-corrected chi connectivity index (χ2v) is 5.36. The van der Waals surface area contributed by atoms with Crippen LogP contribution in [0.2, 0.25) is 5.02 Å². The van der Waals surface area contributed by atoms with Crippen molar-refractivity contribution in [3.8, 4) is 5.75 Å². The summed E-state index contributed by atoms with van der Waals surface area (Å²) in [4.78, 5) is 22.8. The molecule has 0 atom stereocenters. The Balaban J connectivity index is 2.17. The molecule has 2 aromatic rings. The molecule has 0 aromatic heterocycles. The average molecular weight is 352 g/mol. The van der Waals surface area contributed by atoms with E-state index in [0.717, 1.165) is 6.07 Å². The van der Waals surface area contributed by atoms with Crippen molar-refractivity contribution < 1.29 is 23.8 Å². The van der Waals surface area contributed by atoms with Gasteiger partial charge in [0.05, 0.1) is 16.3 Å². The van der Waals surface area contributed by atoms with Crippen molar-refractivity contribution in [2.24, 2.45) is 0 Å². The van der Waals surface area contributed by atoms with Crippen LogP contribution in [0.1, 0.15) is 29.3 Å². The lowest BCUT2D eigenvalue weighted by Gasteiger charge is -2.11. The first-order valence-corrected chi connectivity index (χ1v) is 7.52. The van der Waals surface area contributed by atoms with Crippen molar-refractivity contribution in [3.05, 3.63) is 58.4 Å². The Kier molecular flexibility index (Phi) is 5.76. The van der Waals surface area contributed by atoms with Crippen LogP contribution in [0, 0.1) is 5.82 Å². The van der Waals surface area contributed by atoms with Crippen LogP contribution < -0.4 is 10.1 Å². The van der Waals surface area contributed by atoms with Gasteiger partial charge >= 0.3 is 5.97 Å². The minimum absolute atomic E-state index is 0.0388. The van der Waals surface area contributed by atoms with Gasteiger partial charge in [0.1, 0.15) is 18.2 Å². The number of carbonyl (C=O) groups excluding carboxylic acids is 1. The topological polar surface area (TPSA) is 75.6 Å². The van der Waals surface area contributed by atoms with Crippen molar-refractivity contribution in [1.29, 1.82) is 0 Å². The van der Waals surface area contributed by atoms with E-state index in [0.29, 0.717) is 11.3 Å². The number of hydrogen-bond acceptors (Lipinski definition) is 3. The van der Waals surface area contributed by atoms with Crippen LogP contribution >= 0.6 is 11.6 Å². The number of aromatic carboxylic acids is 1. The number of hydrogen-bond donors (Lipinski definition) is 2. The summed E-state index contributed by atoms with van der Waals surface area (Å²) in [6.45, 7) is 1.72. The zero-order valence-corrected chi connectivity index (χ0v) is 13.6. The first-order valence-electron chi connectivity index (χ1n) is 7.14. The maximum absolute atomic E-state index is 13.0. The molecule has 0 aliphatic carbocycles. The molecule has 0 aliphatic heterocycles. The number of carboxylic acid groups (broad SMARTS) is 1. The fourth-order valence-corrected chi connectivity index (χ4v) is 2.18. The molecule has 0 radical (unpaired) electrons. The van der Waals surface area contributed by atoms with E-state index in [4.69, 9.17) is 16.3 Å². The zero-order chi connectivity index (χ0) is 17.7. The number of rotatable bonds is 6. The van der Waals surface area contributed by atoms with Crippen molar-refractivity contribution >= 4 is 29.2 Å². The minimum atomic E-state index is -1.16. The normalized spacial score (nSPS) is 10.3. The summed E-state index contributed by atoms with van der Waals surface area (Å²) in [5.74, 6) is -1.63. The maximum Gasteiger partial charge on any atom is 0.337 e. The molecule has 24 heavy (non-hydrogen) atoms. The van der Waals surface area contributed by atoms with E-state index >= 15 is 0 Å². The Morgan fingerprint density at radius 1 is 1.25 bits per heavy atom. The second-order valence-electron chi connectivity index (χ2n) is 4.95. The molecule has 0 saturated carbocycles. The largest absolute Gasteiger partial charge is 0.487 e. The third kappa shape index (κ3) is 4.45. The Labute approximate surface area is 143 Å². The third-order valence-corrected chi connectivity index (χ3v) is 3.49. The molecule has 0 saturated heterocycles. The van der Waals surface area contributed by atoms with Crippen molar-refractivity contribution in [1.82, 2.24) is 0 Å². The van der Waals surface area contributed by atoms with E-state index in [1.54, 1.807) is 13.0 Å². The molecule has 0 bridgehead atoms. The molecule has 126 valence electrons. The van der Waals surface area contributed by atoms with Crippen LogP contribution in [0.5, 0.6) is 5.75 Å². The fraction of sp³-hybridized carbons (Fsp3) is 0.176. The van der Waals surface area contributed by atoms with Gasteiger partial charge in [-0.2, -0.15) is 0 Å². The summed E-state index contributed by atoms with van der Waals surface area (Å²) < 4.78 is 18.5. The summed E-state index contributed by atoms with van der Waals surface area (Å²) >= 11 is 5.87. The lowest BCUT2D eigenvalue weighted by atomic mass is 10.1. The number of ether oxygens (including phenoxy) is 1. The molecule has 0 spiro atoms. The predicted molar refractivity (Wildman–Crippen MR) is 88.1 cm³/mol. The van der Waals surface area contributed by atoms with Gasteiger partial charge < -0.3 is 15.2 Å². The second kappa shape index (κ2) is 7.79. The Hall–Kier alpha value is -2.60. The standard InChI is InChI=1S/C17H15ClFNO4/c1-2-16(21)20-14-5-3-10(7-12(14)17(22)23)9-24-15-6-4-11(19)8-13(15)18/h3-8H,2,9H2,1H3,(H,20,21)(H,22,23). The van der Waals surface area contributed by atoms with Crippen LogP contribution in [-0.4, -0.2) is 17.0 Å². The molecule has 2 rings (SSSR count). The van der Waals surface area contributed by atoms with Gasteiger partial charge in [-0.25, -0.2) is 9.18 Å². The highest BCUT2D eigenvalue weighted by Gasteiger charge is 2.13. The number of carbonyl (C=O) groups is 2. The summed E-state index contributed by atoms with van der Waals surface area (Å²) in [5, 5.41) is 11.9.